The Kier molecular flexibility index (Phi) is 4.78. The summed E-state index contributed by atoms with van der Waals surface area (Å²) in [5.74, 6) is -1.28. The van der Waals surface area contributed by atoms with E-state index >= 15 is 0 Å². The fourth-order valence-corrected chi connectivity index (χ4v) is 2.33. The summed E-state index contributed by atoms with van der Waals surface area (Å²) in [5.41, 5.74) is 12.9. The maximum Gasteiger partial charge on any atom is 0.215 e. The molecule has 2 aromatic rings. The van der Waals surface area contributed by atoms with Crippen LogP contribution in [0.2, 0.25) is 5.02 Å². The van der Waals surface area contributed by atoms with E-state index in [-0.39, 0.29) is 21.8 Å². The van der Waals surface area contributed by atoms with Crippen LogP contribution in [0.1, 0.15) is 46.6 Å². The second-order valence-corrected chi connectivity index (χ2v) is 5.50. The molecule has 0 fully saturated rings. The fourth-order valence-electron chi connectivity index (χ4n) is 2.10. The number of aryl methyl sites for hydroxylation is 1. The number of pyridine rings is 1. The van der Waals surface area contributed by atoms with Gasteiger partial charge < -0.3 is 11.5 Å². The number of halogens is 2. The molecule has 0 radical (unpaired) electrons. The number of ketones is 1. The van der Waals surface area contributed by atoms with E-state index in [1.807, 2.05) is 6.92 Å². The summed E-state index contributed by atoms with van der Waals surface area (Å²) in [5, 5.41) is 0.0332. The normalized spacial score (nSPS) is 12.2. The highest BCUT2D eigenvalue weighted by Crippen LogP contribution is 2.28. The Morgan fingerprint density at radius 1 is 1.45 bits per heavy atom. The molecular weight excluding hydrogens is 305 g/mol. The number of aromatic nitrogens is 1. The summed E-state index contributed by atoms with van der Waals surface area (Å²) >= 11 is 6.01. The van der Waals surface area contributed by atoms with Gasteiger partial charge in [0.05, 0.1) is 22.5 Å². The van der Waals surface area contributed by atoms with E-state index in [0.29, 0.717) is 17.7 Å². The number of hydrogen-bond acceptors (Lipinski definition) is 4. The maximum absolute atomic E-state index is 14.6. The molecule has 0 aliphatic rings. The highest BCUT2D eigenvalue weighted by Gasteiger charge is 2.23. The molecule has 1 aromatic heterocycles. The predicted molar refractivity (Wildman–Crippen MR) is 85.4 cm³/mol. The molecule has 1 atom stereocenters. The third kappa shape index (κ3) is 2.96. The van der Waals surface area contributed by atoms with E-state index in [9.17, 15) is 9.18 Å². The Labute approximate surface area is 133 Å². The van der Waals surface area contributed by atoms with Gasteiger partial charge in [0.2, 0.25) is 5.78 Å². The van der Waals surface area contributed by atoms with Crippen molar-refractivity contribution < 1.29 is 9.18 Å². The van der Waals surface area contributed by atoms with Crippen LogP contribution >= 0.6 is 11.6 Å². The number of nitrogens with two attached hydrogens (primary N) is 2. The summed E-state index contributed by atoms with van der Waals surface area (Å²) < 4.78 is 14.6. The predicted octanol–water partition coefficient (Wildman–Crippen LogP) is 3.41. The van der Waals surface area contributed by atoms with E-state index in [4.69, 9.17) is 23.1 Å². The van der Waals surface area contributed by atoms with Crippen LogP contribution in [0, 0.1) is 12.7 Å². The van der Waals surface area contributed by atoms with Crippen molar-refractivity contribution in [3.05, 3.63) is 57.6 Å². The van der Waals surface area contributed by atoms with Gasteiger partial charge in [-0.05, 0) is 31.0 Å². The van der Waals surface area contributed by atoms with Crippen LogP contribution in [0.4, 0.5) is 10.1 Å². The highest BCUT2D eigenvalue weighted by atomic mass is 35.5. The van der Waals surface area contributed by atoms with Crippen molar-refractivity contribution in [2.24, 2.45) is 5.73 Å². The van der Waals surface area contributed by atoms with Gasteiger partial charge in [0.15, 0.2) is 0 Å². The second-order valence-electron chi connectivity index (χ2n) is 5.10. The van der Waals surface area contributed by atoms with E-state index in [0.717, 1.165) is 0 Å². The maximum atomic E-state index is 14.6. The van der Waals surface area contributed by atoms with E-state index in [2.05, 4.69) is 4.98 Å². The Bertz CT molecular complexity index is 734. The third-order valence-corrected chi connectivity index (χ3v) is 3.89. The van der Waals surface area contributed by atoms with Gasteiger partial charge in [0.25, 0.3) is 0 Å². The summed E-state index contributed by atoms with van der Waals surface area (Å²) in [6.45, 7) is 3.58. The molecular formula is C16H17ClFN3O. The average Bonchev–Trinajstić information content (AvgIpc) is 2.49. The molecule has 1 heterocycles. The lowest BCUT2D eigenvalue weighted by molar-refractivity contribution is 0.103. The molecule has 0 saturated heterocycles. The zero-order chi connectivity index (χ0) is 16.4. The summed E-state index contributed by atoms with van der Waals surface area (Å²) in [4.78, 5) is 16.5. The van der Waals surface area contributed by atoms with Crippen LogP contribution in [0.3, 0.4) is 0 Å². The number of anilines is 1. The molecule has 2 rings (SSSR count). The minimum absolute atomic E-state index is 0.0332. The number of carbonyl (C=O) groups excluding carboxylic acids is 1. The second kappa shape index (κ2) is 6.42. The Morgan fingerprint density at radius 2 is 2.14 bits per heavy atom. The summed E-state index contributed by atoms with van der Waals surface area (Å²) in [7, 11) is 0. The molecule has 0 bridgehead atoms. The molecule has 0 spiro atoms. The van der Waals surface area contributed by atoms with Crippen LogP contribution in [-0.2, 0) is 0 Å². The first-order valence-corrected chi connectivity index (χ1v) is 7.24. The molecule has 1 aromatic carbocycles. The van der Waals surface area contributed by atoms with Crippen molar-refractivity contribution >= 4 is 23.1 Å². The van der Waals surface area contributed by atoms with Gasteiger partial charge in [0.1, 0.15) is 11.5 Å². The monoisotopic (exact) mass is 321 g/mol. The van der Waals surface area contributed by atoms with E-state index in [1.165, 1.54) is 24.4 Å². The smallest absolute Gasteiger partial charge is 0.215 e. The van der Waals surface area contributed by atoms with Crippen LogP contribution < -0.4 is 11.5 Å². The van der Waals surface area contributed by atoms with Crippen LogP contribution in [0.5, 0.6) is 0 Å². The SMILES string of the molecule is CC[C@@H](N)c1ccc(Cl)c(C(=O)c2cc(C)c(N)cn2)c1F. The third-order valence-electron chi connectivity index (χ3n) is 3.57. The standard InChI is InChI=1S/C16H17ClFN3O/c1-3-11(19)9-4-5-10(17)14(15(9)18)16(22)13-6-8(2)12(20)7-21-13/h4-7,11H,3,19-20H2,1-2H3/t11-/m1/s1. The number of hydrogen-bond donors (Lipinski definition) is 2. The van der Waals surface area contributed by atoms with Crippen molar-refractivity contribution in [2.45, 2.75) is 26.3 Å². The Morgan fingerprint density at radius 3 is 2.73 bits per heavy atom. The largest absolute Gasteiger partial charge is 0.397 e. The highest BCUT2D eigenvalue weighted by molar-refractivity contribution is 6.35. The minimum Gasteiger partial charge on any atom is -0.397 e. The molecule has 22 heavy (non-hydrogen) atoms. The lowest BCUT2D eigenvalue weighted by Crippen LogP contribution is -2.15. The number of benzene rings is 1. The number of carbonyl (C=O) groups is 1. The summed E-state index contributed by atoms with van der Waals surface area (Å²) in [6, 6.07) is 4.00. The number of nitrogen functional groups attached to an aromatic ring is 1. The van der Waals surface area contributed by atoms with Gasteiger partial charge in [-0.25, -0.2) is 4.39 Å². The van der Waals surface area contributed by atoms with E-state index < -0.39 is 17.6 Å². The zero-order valence-corrected chi connectivity index (χ0v) is 13.1. The van der Waals surface area contributed by atoms with Gasteiger partial charge >= 0.3 is 0 Å². The van der Waals surface area contributed by atoms with Gasteiger partial charge in [-0.15, -0.1) is 0 Å². The van der Waals surface area contributed by atoms with Crippen molar-refractivity contribution in [1.29, 1.82) is 0 Å². The van der Waals surface area contributed by atoms with Gasteiger partial charge in [0, 0.05) is 11.6 Å². The number of rotatable bonds is 4. The minimum atomic E-state index is -0.692. The van der Waals surface area contributed by atoms with Crippen molar-refractivity contribution in [2.75, 3.05) is 5.73 Å². The first-order valence-electron chi connectivity index (χ1n) is 6.87. The van der Waals surface area contributed by atoms with Crippen LogP contribution in [-0.4, -0.2) is 10.8 Å². The Hall–Kier alpha value is -1.98. The van der Waals surface area contributed by atoms with Crippen molar-refractivity contribution in [1.82, 2.24) is 4.98 Å². The molecule has 116 valence electrons. The molecule has 6 heteroatoms. The first-order chi connectivity index (χ1) is 10.4. The van der Waals surface area contributed by atoms with Gasteiger partial charge in [-0.1, -0.05) is 24.6 Å². The van der Waals surface area contributed by atoms with Crippen LogP contribution in [0.25, 0.3) is 0 Å². The quantitative estimate of drug-likeness (QED) is 0.845. The lowest BCUT2D eigenvalue weighted by Gasteiger charge is -2.14. The zero-order valence-electron chi connectivity index (χ0n) is 12.4. The Balaban J connectivity index is 2.55. The number of nitrogens with zero attached hydrogens (tertiary/aromatic N) is 1. The van der Waals surface area contributed by atoms with Gasteiger partial charge in [-0.3, -0.25) is 9.78 Å². The summed E-state index contributed by atoms with van der Waals surface area (Å²) in [6.07, 6.45) is 1.92. The molecule has 0 aliphatic carbocycles. The van der Waals surface area contributed by atoms with Crippen molar-refractivity contribution in [3.63, 3.8) is 0 Å². The fraction of sp³-hybridized carbons (Fsp3) is 0.250. The molecule has 4 nitrogen and oxygen atoms in total. The first kappa shape index (κ1) is 16.4. The molecule has 4 N–H and O–H groups in total. The lowest BCUT2D eigenvalue weighted by atomic mass is 9.98. The van der Waals surface area contributed by atoms with Crippen molar-refractivity contribution in [3.8, 4) is 0 Å². The molecule has 0 aliphatic heterocycles. The topological polar surface area (TPSA) is 82.0 Å². The average molecular weight is 322 g/mol. The molecule has 0 amide bonds. The van der Waals surface area contributed by atoms with Gasteiger partial charge in [-0.2, -0.15) is 0 Å². The van der Waals surface area contributed by atoms with E-state index in [1.54, 1.807) is 6.92 Å². The molecule has 0 unspecified atom stereocenters. The molecule has 0 saturated carbocycles. The van der Waals surface area contributed by atoms with Crippen LogP contribution in [0.15, 0.2) is 24.4 Å².